The largest absolute Gasteiger partial charge is 0.495 e. The Labute approximate surface area is 152 Å². The molecular weight excluding hydrogens is 336 g/mol. The van der Waals surface area contributed by atoms with Gasteiger partial charge in [0.05, 0.1) is 24.6 Å². The second-order valence-electron chi connectivity index (χ2n) is 7.20. The summed E-state index contributed by atoms with van der Waals surface area (Å²) in [5, 5.41) is 9.30. The molecule has 2 amide bonds. The van der Waals surface area contributed by atoms with Gasteiger partial charge < -0.3 is 19.6 Å². The van der Waals surface area contributed by atoms with Gasteiger partial charge in [0.25, 0.3) is 0 Å². The van der Waals surface area contributed by atoms with Crippen LogP contribution in [0.4, 0.5) is 5.69 Å². The fraction of sp³-hybridized carbons (Fsp3) is 0.526. The molecule has 7 nitrogen and oxygen atoms in total. The van der Waals surface area contributed by atoms with Crippen molar-refractivity contribution in [1.82, 2.24) is 4.90 Å². The quantitative estimate of drug-likeness (QED) is 0.882. The molecule has 3 atom stereocenters. The van der Waals surface area contributed by atoms with Crippen LogP contribution in [0.1, 0.15) is 19.8 Å². The van der Waals surface area contributed by atoms with E-state index in [0.29, 0.717) is 30.9 Å². The first-order valence-electron chi connectivity index (χ1n) is 8.85. The highest BCUT2D eigenvalue weighted by molar-refractivity contribution is 6.01. The summed E-state index contributed by atoms with van der Waals surface area (Å²) in [5.74, 6) is -1.38. The summed E-state index contributed by atoms with van der Waals surface area (Å²) in [6.07, 6.45) is 0.718. The van der Waals surface area contributed by atoms with Gasteiger partial charge in [-0.05, 0) is 24.5 Å². The van der Waals surface area contributed by atoms with Crippen molar-refractivity contribution in [2.45, 2.75) is 19.8 Å². The van der Waals surface area contributed by atoms with Gasteiger partial charge in [0.15, 0.2) is 0 Å². The molecule has 140 valence electrons. The average Bonchev–Trinajstić information content (AvgIpc) is 3.02. The SMILES string of the molecule is COc1ccccc1N1CC(C(=O)N2CC(C)CC(C(=O)O)C2)CC1=O. The van der Waals surface area contributed by atoms with E-state index < -0.39 is 17.8 Å². The van der Waals surface area contributed by atoms with E-state index in [4.69, 9.17) is 4.74 Å². The number of carboxylic acids is 1. The van der Waals surface area contributed by atoms with Crippen molar-refractivity contribution in [3.05, 3.63) is 24.3 Å². The van der Waals surface area contributed by atoms with Crippen LogP contribution >= 0.6 is 0 Å². The van der Waals surface area contributed by atoms with Gasteiger partial charge in [-0.3, -0.25) is 14.4 Å². The van der Waals surface area contributed by atoms with Crippen LogP contribution in [0.2, 0.25) is 0 Å². The summed E-state index contributed by atoms with van der Waals surface area (Å²) in [6, 6.07) is 7.23. The molecule has 2 saturated heterocycles. The number of para-hydroxylation sites is 2. The Balaban J connectivity index is 1.74. The molecule has 3 unspecified atom stereocenters. The number of rotatable bonds is 4. The molecular formula is C19H24N2O5. The molecule has 0 bridgehead atoms. The second-order valence-corrected chi connectivity index (χ2v) is 7.20. The van der Waals surface area contributed by atoms with Gasteiger partial charge in [-0.15, -0.1) is 0 Å². The van der Waals surface area contributed by atoms with Gasteiger partial charge in [0.2, 0.25) is 11.8 Å². The van der Waals surface area contributed by atoms with Crippen LogP contribution in [0.5, 0.6) is 5.75 Å². The number of amides is 2. The van der Waals surface area contributed by atoms with Gasteiger partial charge >= 0.3 is 5.97 Å². The molecule has 26 heavy (non-hydrogen) atoms. The van der Waals surface area contributed by atoms with Crippen molar-refractivity contribution in [2.75, 3.05) is 31.6 Å². The Morgan fingerprint density at radius 2 is 1.88 bits per heavy atom. The minimum Gasteiger partial charge on any atom is -0.495 e. The van der Waals surface area contributed by atoms with Crippen LogP contribution in [-0.2, 0) is 14.4 Å². The lowest BCUT2D eigenvalue weighted by molar-refractivity contribution is -0.148. The number of piperidine rings is 1. The molecule has 0 radical (unpaired) electrons. The molecule has 0 saturated carbocycles. The number of hydrogen-bond acceptors (Lipinski definition) is 4. The molecule has 2 aliphatic heterocycles. The fourth-order valence-electron chi connectivity index (χ4n) is 3.93. The number of anilines is 1. The molecule has 3 rings (SSSR count). The topological polar surface area (TPSA) is 87.2 Å². The maximum absolute atomic E-state index is 12.9. The molecule has 1 N–H and O–H groups in total. The van der Waals surface area contributed by atoms with Crippen molar-refractivity contribution < 1.29 is 24.2 Å². The van der Waals surface area contributed by atoms with Crippen LogP contribution in [0.15, 0.2) is 24.3 Å². The zero-order chi connectivity index (χ0) is 18.8. The first kappa shape index (κ1) is 18.2. The highest BCUT2D eigenvalue weighted by Gasteiger charge is 2.40. The Bertz CT molecular complexity index is 720. The minimum absolute atomic E-state index is 0.118. The fourth-order valence-corrected chi connectivity index (χ4v) is 3.93. The van der Waals surface area contributed by atoms with Crippen LogP contribution < -0.4 is 9.64 Å². The smallest absolute Gasteiger partial charge is 0.308 e. The predicted molar refractivity (Wildman–Crippen MR) is 94.9 cm³/mol. The lowest BCUT2D eigenvalue weighted by atomic mass is 9.89. The summed E-state index contributed by atoms with van der Waals surface area (Å²) in [5.41, 5.74) is 0.658. The summed E-state index contributed by atoms with van der Waals surface area (Å²) < 4.78 is 5.32. The molecule has 2 aliphatic rings. The molecule has 2 fully saturated rings. The number of ether oxygens (including phenoxy) is 1. The van der Waals surface area contributed by atoms with E-state index in [1.165, 1.54) is 0 Å². The molecule has 1 aromatic carbocycles. The Morgan fingerprint density at radius 3 is 2.58 bits per heavy atom. The summed E-state index contributed by atoms with van der Waals surface area (Å²) in [4.78, 5) is 39.9. The number of nitrogens with zero attached hydrogens (tertiary/aromatic N) is 2. The van der Waals surface area contributed by atoms with Gasteiger partial charge in [0, 0.05) is 26.1 Å². The number of carbonyl (C=O) groups excluding carboxylic acids is 2. The molecule has 7 heteroatoms. The minimum atomic E-state index is -0.868. The van der Waals surface area contributed by atoms with Crippen molar-refractivity contribution in [3.63, 3.8) is 0 Å². The number of benzene rings is 1. The molecule has 0 spiro atoms. The van der Waals surface area contributed by atoms with Crippen molar-refractivity contribution >= 4 is 23.5 Å². The van der Waals surface area contributed by atoms with Gasteiger partial charge in [-0.25, -0.2) is 0 Å². The Hall–Kier alpha value is -2.57. The van der Waals surface area contributed by atoms with Crippen LogP contribution in [0.25, 0.3) is 0 Å². The van der Waals surface area contributed by atoms with Crippen molar-refractivity contribution in [2.24, 2.45) is 17.8 Å². The van der Waals surface area contributed by atoms with E-state index in [9.17, 15) is 19.5 Å². The van der Waals surface area contributed by atoms with Crippen molar-refractivity contribution in [3.8, 4) is 5.75 Å². The maximum atomic E-state index is 12.9. The molecule has 0 aliphatic carbocycles. The maximum Gasteiger partial charge on any atom is 0.308 e. The van der Waals surface area contributed by atoms with E-state index in [2.05, 4.69) is 0 Å². The van der Waals surface area contributed by atoms with E-state index in [1.807, 2.05) is 19.1 Å². The van der Waals surface area contributed by atoms with E-state index in [0.717, 1.165) is 0 Å². The lowest BCUT2D eigenvalue weighted by Gasteiger charge is -2.36. The zero-order valence-electron chi connectivity index (χ0n) is 15.1. The third-order valence-electron chi connectivity index (χ3n) is 5.17. The third kappa shape index (κ3) is 3.52. The number of carbonyl (C=O) groups is 3. The molecule has 0 aromatic heterocycles. The third-order valence-corrected chi connectivity index (χ3v) is 5.17. The van der Waals surface area contributed by atoms with E-state index in [-0.39, 0.29) is 30.7 Å². The number of aliphatic carboxylic acids is 1. The molecule has 1 aromatic rings. The number of carboxylic acid groups (broad SMARTS) is 1. The van der Waals surface area contributed by atoms with Crippen LogP contribution in [0.3, 0.4) is 0 Å². The summed E-state index contributed by atoms with van der Waals surface area (Å²) in [7, 11) is 1.54. The standard InChI is InChI=1S/C19H24N2O5/c1-12-7-14(19(24)25)10-20(9-12)18(23)13-8-17(22)21(11-13)15-5-3-4-6-16(15)26-2/h3-6,12-14H,7-11H2,1-2H3,(H,24,25). The second kappa shape index (κ2) is 7.35. The van der Waals surface area contributed by atoms with Gasteiger partial charge in [-0.2, -0.15) is 0 Å². The summed E-state index contributed by atoms with van der Waals surface area (Å²) in [6.45, 7) is 3.01. The zero-order valence-corrected chi connectivity index (χ0v) is 15.1. The van der Waals surface area contributed by atoms with Crippen molar-refractivity contribution in [1.29, 1.82) is 0 Å². The number of methoxy groups -OCH3 is 1. The number of hydrogen-bond donors (Lipinski definition) is 1. The molecule has 2 heterocycles. The highest BCUT2D eigenvalue weighted by Crippen LogP contribution is 2.34. The monoisotopic (exact) mass is 360 g/mol. The predicted octanol–water partition coefficient (Wildman–Crippen LogP) is 1.62. The van der Waals surface area contributed by atoms with Gasteiger partial charge in [-0.1, -0.05) is 19.1 Å². The van der Waals surface area contributed by atoms with E-state index in [1.54, 1.807) is 29.0 Å². The van der Waals surface area contributed by atoms with Crippen LogP contribution in [-0.4, -0.2) is 54.5 Å². The van der Waals surface area contributed by atoms with Crippen LogP contribution in [0, 0.1) is 17.8 Å². The normalized spacial score (nSPS) is 26.1. The van der Waals surface area contributed by atoms with Gasteiger partial charge in [0.1, 0.15) is 5.75 Å². The average molecular weight is 360 g/mol. The van der Waals surface area contributed by atoms with E-state index >= 15 is 0 Å². The first-order valence-corrected chi connectivity index (χ1v) is 8.85. The Morgan fingerprint density at radius 1 is 1.15 bits per heavy atom. The summed E-state index contributed by atoms with van der Waals surface area (Å²) >= 11 is 0. The first-order chi connectivity index (χ1) is 12.4. The lowest BCUT2D eigenvalue weighted by Crippen LogP contribution is -2.48. The highest BCUT2D eigenvalue weighted by atomic mass is 16.5. The number of likely N-dealkylation sites (tertiary alicyclic amines) is 1. The Kier molecular flexibility index (Phi) is 5.15.